The predicted molar refractivity (Wildman–Crippen MR) is 84.1 cm³/mol. The van der Waals surface area contributed by atoms with E-state index in [4.69, 9.17) is 19.5 Å². The first-order chi connectivity index (χ1) is 11.1. The van der Waals surface area contributed by atoms with E-state index in [0.717, 1.165) is 0 Å². The van der Waals surface area contributed by atoms with Crippen LogP contribution in [0.1, 0.15) is 19.4 Å². The Morgan fingerprint density at radius 1 is 1.48 bits per heavy atom. The Morgan fingerprint density at radius 2 is 2.26 bits per heavy atom. The zero-order chi connectivity index (χ0) is 16.7. The lowest BCUT2D eigenvalue weighted by atomic mass is 10.2. The number of para-hydroxylation sites is 1. The van der Waals surface area contributed by atoms with Gasteiger partial charge in [-0.2, -0.15) is 5.26 Å². The SMILES string of the molecule is CC(C)OCC1CN(C(=O)COc2ccccc2C#N)CCO1. The highest BCUT2D eigenvalue weighted by atomic mass is 16.5. The lowest BCUT2D eigenvalue weighted by Gasteiger charge is -2.33. The highest BCUT2D eigenvalue weighted by molar-refractivity contribution is 5.78. The topological polar surface area (TPSA) is 71.8 Å². The first-order valence-corrected chi connectivity index (χ1v) is 7.73. The first kappa shape index (κ1) is 17.3. The van der Waals surface area contributed by atoms with Crippen molar-refractivity contribution in [3.63, 3.8) is 0 Å². The number of morpholine rings is 1. The summed E-state index contributed by atoms with van der Waals surface area (Å²) in [5.74, 6) is 0.312. The molecule has 1 heterocycles. The quantitative estimate of drug-likeness (QED) is 0.796. The molecule has 0 radical (unpaired) electrons. The van der Waals surface area contributed by atoms with Crippen molar-refractivity contribution in [1.29, 1.82) is 5.26 Å². The number of rotatable bonds is 6. The van der Waals surface area contributed by atoms with Gasteiger partial charge in [0.25, 0.3) is 5.91 Å². The molecule has 0 saturated carbocycles. The van der Waals surface area contributed by atoms with Gasteiger partial charge in [0.15, 0.2) is 6.61 Å². The first-order valence-electron chi connectivity index (χ1n) is 7.73. The number of nitriles is 1. The van der Waals surface area contributed by atoms with Gasteiger partial charge in [-0.15, -0.1) is 0 Å². The summed E-state index contributed by atoms with van der Waals surface area (Å²) in [4.78, 5) is 14.0. The second kappa shape index (κ2) is 8.51. The minimum absolute atomic E-state index is 0.0869. The van der Waals surface area contributed by atoms with Crippen LogP contribution in [-0.2, 0) is 14.3 Å². The number of hydrogen-bond acceptors (Lipinski definition) is 5. The number of amides is 1. The fourth-order valence-corrected chi connectivity index (χ4v) is 2.26. The Bertz CT molecular complexity index is 568. The summed E-state index contributed by atoms with van der Waals surface area (Å²) in [5, 5.41) is 9.02. The van der Waals surface area contributed by atoms with Crippen molar-refractivity contribution >= 4 is 5.91 Å². The van der Waals surface area contributed by atoms with Gasteiger partial charge in [-0.3, -0.25) is 4.79 Å². The maximum absolute atomic E-state index is 12.3. The lowest BCUT2D eigenvalue weighted by Crippen LogP contribution is -2.48. The molecule has 0 spiro atoms. The van der Waals surface area contributed by atoms with Crippen molar-refractivity contribution in [3.05, 3.63) is 29.8 Å². The maximum atomic E-state index is 12.3. The smallest absolute Gasteiger partial charge is 0.260 e. The molecule has 0 bridgehead atoms. The van der Waals surface area contributed by atoms with Crippen LogP contribution in [0.2, 0.25) is 0 Å². The number of carbonyl (C=O) groups is 1. The van der Waals surface area contributed by atoms with Crippen LogP contribution in [-0.4, -0.2) is 55.9 Å². The Balaban J connectivity index is 1.84. The molecule has 1 fully saturated rings. The predicted octanol–water partition coefficient (Wildman–Crippen LogP) is 1.59. The Labute approximate surface area is 136 Å². The van der Waals surface area contributed by atoms with Crippen molar-refractivity contribution < 1.29 is 19.0 Å². The van der Waals surface area contributed by atoms with Crippen molar-refractivity contribution in [3.8, 4) is 11.8 Å². The van der Waals surface area contributed by atoms with E-state index in [-0.39, 0.29) is 24.7 Å². The molecule has 0 N–H and O–H groups in total. The molecular formula is C17H22N2O4. The number of ether oxygens (including phenoxy) is 3. The van der Waals surface area contributed by atoms with E-state index < -0.39 is 0 Å². The third-order valence-electron chi connectivity index (χ3n) is 3.47. The van der Waals surface area contributed by atoms with E-state index >= 15 is 0 Å². The van der Waals surface area contributed by atoms with Gasteiger partial charge in [0, 0.05) is 13.1 Å². The standard InChI is InChI=1S/C17H22N2O4/c1-13(2)22-11-15-10-19(7-8-21-15)17(20)12-23-16-6-4-3-5-14(16)9-18/h3-6,13,15H,7-8,10-12H2,1-2H3. The summed E-state index contributed by atoms with van der Waals surface area (Å²) in [7, 11) is 0. The van der Waals surface area contributed by atoms with Crippen LogP contribution in [0.15, 0.2) is 24.3 Å². The Morgan fingerprint density at radius 3 is 3.00 bits per heavy atom. The van der Waals surface area contributed by atoms with E-state index in [2.05, 4.69) is 0 Å². The second-order valence-electron chi connectivity index (χ2n) is 5.61. The van der Waals surface area contributed by atoms with Crippen molar-refractivity contribution in [2.75, 3.05) is 32.9 Å². The van der Waals surface area contributed by atoms with Crippen LogP contribution in [0.5, 0.6) is 5.75 Å². The molecule has 1 unspecified atom stereocenters. The summed E-state index contributed by atoms with van der Waals surface area (Å²) in [6, 6.07) is 8.92. The van der Waals surface area contributed by atoms with Crippen LogP contribution >= 0.6 is 0 Å². The van der Waals surface area contributed by atoms with Gasteiger partial charge in [-0.1, -0.05) is 12.1 Å². The third kappa shape index (κ3) is 5.23. The maximum Gasteiger partial charge on any atom is 0.260 e. The van der Waals surface area contributed by atoms with Crippen molar-refractivity contribution in [1.82, 2.24) is 4.90 Å². The molecule has 1 saturated heterocycles. The fraction of sp³-hybridized carbons (Fsp3) is 0.529. The van der Waals surface area contributed by atoms with Gasteiger partial charge in [-0.25, -0.2) is 0 Å². The van der Waals surface area contributed by atoms with E-state index in [9.17, 15) is 4.79 Å². The zero-order valence-electron chi connectivity index (χ0n) is 13.5. The number of carbonyl (C=O) groups excluding carboxylic acids is 1. The monoisotopic (exact) mass is 318 g/mol. The molecule has 1 atom stereocenters. The van der Waals surface area contributed by atoms with Gasteiger partial charge in [0.2, 0.25) is 0 Å². The van der Waals surface area contributed by atoms with Gasteiger partial charge >= 0.3 is 0 Å². The van der Waals surface area contributed by atoms with Crippen LogP contribution < -0.4 is 4.74 Å². The molecule has 6 heteroatoms. The molecule has 1 amide bonds. The molecule has 23 heavy (non-hydrogen) atoms. The molecule has 124 valence electrons. The minimum atomic E-state index is -0.115. The van der Waals surface area contributed by atoms with Crippen molar-refractivity contribution in [2.24, 2.45) is 0 Å². The molecule has 1 aromatic carbocycles. The third-order valence-corrected chi connectivity index (χ3v) is 3.47. The minimum Gasteiger partial charge on any atom is -0.482 e. The van der Waals surface area contributed by atoms with Crippen LogP contribution in [0.3, 0.4) is 0 Å². The van der Waals surface area contributed by atoms with Crippen LogP contribution in [0.25, 0.3) is 0 Å². The fourth-order valence-electron chi connectivity index (χ4n) is 2.26. The van der Waals surface area contributed by atoms with Gasteiger partial charge < -0.3 is 19.1 Å². The number of hydrogen-bond donors (Lipinski definition) is 0. The Hall–Kier alpha value is -2.10. The second-order valence-corrected chi connectivity index (χ2v) is 5.61. The van der Waals surface area contributed by atoms with Crippen molar-refractivity contribution in [2.45, 2.75) is 26.1 Å². The van der Waals surface area contributed by atoms with Gasteiger partial charge in [0.1, 0.15) is 11.8 Å². The average molecular weight is 318 g/mol. The summed E-state index contributed by atoms with van der Waals surface area (Å²) in [6.07, 6.45) is 0.0250. The molecule has 1 aromatic rings. The summed E-state index contributed by atoms with van der Waals surface area (Å²) in [5.41, 5.74) is 0.422. The zero-order valence-corrected chi connectivity index (χ0v) is 13.5. The van der Waals surface area contributed by atoms with Crippen LogP contribution in [0.4, 0.5) is 0 Å². The number of nitrogens with zero attached hydrogens (tertiary/aromatic N) is 2. The van der Waals surface area contributed by atoms with Gasteiger partial charge in [0.05, 0.1) is 31.0 Å². The van der Waals surface area contributed by atoms with E-state index in [0.29, 0.717) is 37.6 Å². The van der Waals surface area contributed by atoms with E-state index in [1.165, 1.54) is 0 Å². The molecule has 6 nitrogen and oxygen atoms in total. The van der Waals surface area contributed by atoms with Crippen LogP contribution in [0, 0.1) is 11.3 Å². The molecule has 1 aliphatic rings. The highest BCUT2D eigenvalue weighted by Gasteiger charge is 2.25. The summed E-state index contributed by atoms with van der Waals surface area (Å²) < 4.78 is 16.6. The molecular weight excluding hydrogens is 296 g/mol. The average Bonchev–Trinajstić information content (AvgIpc) is 2.58. The number of benzene rings is 1. The van der Waals surface area contributed by atoms with Gasteiger partial charge in [-0.05, 0) is 26.0 Å². The molecule has 2 rings (SSSR count). The normalized spacial score (nSPS) is 17.8. The Kier molecular flexibility index (Phi) is 6.39. The highest BCUT2D eigenvalue weighted by Crippen LogP contribution is 2.16. The van der Waals surface area contributed by atoms with E-state index in [1.807, 2.05) is 19.9 Å². The lowest BCUT2D eigenvalue weighted by molar-refractivity contribution is -0.144. The van der Waals surface area contributed by atoms with E-state index in [1.54, 1.807) is 29.2 Å². The largest absolute Gasteiger partial charge is 0.482 e. The summed E-state index contributed by atoms with van der Waals surface area (Å²) in [6.45, 7) is 5.84. The molecule has 1 aliphatic heterocycles. The molecule has 0 aliphatic carbocycles. The summed E-state index contributed by atoms with van der Waals surface area (Å²) >= 11 is 0. The molecule has 0 aromatic heterocycles.